The van der Waals surface area contributed by atoms with Crippen molar-refractivity contribution in [3.63, 3.8) is 0 Å². The summed E-state index contributed by atoms with van der Waals surface area (Å²) in [5.41, 5.74) is 0. The molecule has 0 aromatic heterocycles. The van der Waals surface area contributed by atoms with Gasteiger partial charge in [0, 0.05) is 19.0 Å². The van der Waals surface area contributed by atoms with Gasteiger partial charge in [0.25, 0.3) is 0 Å². The van der Waals surface area contributed by atoms with Crippen molar-refractivity contribution in [3.05, 3.63) is 0 Å². The molecule has 0 radical (unpaired) electrons. The molecule has 0 aliphatic carbocycles. The average Bonchev–Trinajstić information content (AvgIpc) is 2.01. The summed E-state index contributed by atoms with van der Waals surface area (Å²) in [6.07, 6.45) is -0.0931. The number of aliphatic hydroxyl groups excluding tert-OH is 1. The lowest BCUT2D eigenvalue weighted by Crippen LogP contribution is -2.53. The summed E-state index contributed by atoms with van der Waals surface area (Å²) >= 11 is 0. The Hall–Kier alpha value is -0.160. The Morgan fingerprint density at radius 1 is 1.46 bits per heavy atom. The van der Waals surface area contributed by atoms with Crippen molar-refractivity contribution < 1.29 is 14.6 Å². The zero-order valence-electron chi connectivity index (χ0n) is 7.98. The van der Waals surface area contributed by atoms with Crippen molar-refractivity contribution in [1.29, 1.82) is 0 Å². The smallest absolute Gasteiger partial charge is 0.114 e. The third kappa shape index (κ3) is 2.02. The van der Waals surface area contributed by atoms with Gasteiger partial charge in [-0.15, -0.1) is 0 Å². The molecular formula is C9H17NO3. The quantitative estimate of drug-likeness (QED) is 0.643. The average molecular weight is 187 g/mol. The molecule has 1 N–H and O–H groups in total. The van der Waals surface area contributed by atoms with Crippen molar-refractivity contribution >= 4 is 0 Å². The molecule has 0 spiro atoms. The molecule has 2 fully saturated rings. The molecule has 2 aliphatic heterocycles. The van der Waals surface area contributed by atoms with Gasteiger partial charge in [-0.05, 0) is 6.92 Å². The van der Waals surface area contributed by atoms with Crippen LogP contribution in [-0.4, -0.2) is 55.2 Å². The fourth-order valence-electron chi connectivity index (χ4n) is 1.81. The first-order valence-electron chi connectivity index (χ1n) is 4.89. The molecule has 0 saturated carbocycles. The molecule has 4 nitrogen and oxygen atoms in total. The van der Waals surface area contributed by atoms with E-state index in [0.29, 0.717) is 19.1 Å². The third-order valence-electron chi connectivity index (χ3n) is 2.73. The lowest BCUT2D eigenvalue weighted by molar-refractivity contribution is -0.168. The summed E-state index contributed by atoms with van der Waals surface area (Å²) < 4.78 is 10.5. The van der Waals surface area contributed by atoms with Crippen molar-refractivity contribution in [1.82, 2.24) is 4.90 Å². The van der Waals surface area contributed by atoms with Crippen molar-refractivity contribution in [3.8, 4) is 0 Å². The van der Waals surface area contributed by atoms with Gasteiger partial charge in [-0.25, -0.2) is 0 Å². The zero-order chi connectivity index (χ0) is 9.26. The van der Waals surface area contributed by atoms with E-state index in [1.807, 2.05) is 6.92 Å². The van der Waals surface area contributed by atoms with Crippen LogP contribution in [0.25, 0.3) is 0 Å². The first-order valence-corrected chi connectivity index (χ1v) is 4.89. The van der Waals surface area contributed by atoms with Gasteiger partial charge < -0.3 is 14.6 Å². The molecule has 2 atom stereocenters. The molecule has 2 aliphatic rings. The lowest BCUT2D eigenvalue weighted by Gasteiger charge is -2.40. The Kier molecular flexibility index (Phi) is 2.83. The standard InChI is InChI=1S/C9H17NO3/c1-7-4-10(2-3-13-7)9(11)8-5-12-6-8/h7-9,11H,2-6H2,1H3/t7-,9?/m0/s1. The van der Waals surface area contributed by atoms with Crippen molar-refractivity contribution in [2.24, 2.45) is 5.92 Å². The van der Waals surface area contributed by atoms with Gasteiger partial charge in [0.1, 0.15) is 6.23 Å². The molecule has 0 bridgehead atoms. The van der Waals surface area contributed by atoms with E-state index < -0.39 is 0 Å². The summed E-state index contributed by atoms with van der Waals surface area (Å²) in [5, 5.41) is 9.90. The molecule has 4 heteroatoms. The summed E-state index contributed by atoms with van der Waals surface area (Å²) in [7, 11) is 0. The van der Waals surface area contributed by atoms with E-state index in [9.17, 15) is 5.11 Å². The highest BCUT2D eigenvalue weighted by Crippen LogP contribution is 2.19. The van der Waals surface area contributed by atoms with E-state index in [4.69, 9.17) is 9.47 Å². The Bertz CT molecular complexity index is 172. The first kappa shape index (κ1) is 9.40. The Labute approximate surface area is 78.4 Å². The van der Waals surface area contributed by atoms with Crippen LogP contribution in [0.5, 0.6) is 0 Å². The number of aliphatic hydroxyl groups is 1. The van der Waals surface area contributed by atoms with Crippen LogP contribution in [0.2, 0.25) is 0 Å². The van der Waals surface area contributed by atoms with E-state index in [-0.39, 0.29) is 12.3 Å². The van der Waals surface area contributed by atoms with Crippen LogP contribution >= 0.6 is 0 Å². The van der Waals surface area contributed by atoms with Crippen LogP contribution in [-0.2, 0) is 9.47 Å². The maximum Gasteiger partial charge on any atom is 0.114 e. The van der Waals surface area contributed by atoms with Crippen LogP contribution in [0.3, 0.4) is 0 Å². The lowest BCUT2D eigenvalue weighted by atomic mass is 10.0. The van der Waals surface area contributed by atoms with E-state index in [0.717, 1.165) is 19.7 Å². The predicted octanol–water partition coefficient (Wildman–Crippen LogP) is -0.328. The van der Waals surface area contributed by atoms with Gasteiger partial charge in [-0.3, -0.25) is 4.90 Å². The van der Waals surface area contributed by atoms with E-state index in [2.05, 4.69) is 4.90 Å². The van der Waals surface area contributed by atoms with E-state index >= 15 is 0 Å². The summed E-state index contributed by atoms with van der Waals surface area (Å²) in [4.78, 5) is 2.08. The molecular weight excluding hydrogens is 170 g/mol. The topological polar surface area (TPSA) is 41.9 Å². The Morgan fingerprint density at radius 3 is 2.77 bits per heavy atom. The number of hydrogen-bond acceptors (Lipinski definition) is 4. The predicted molar refractivity (Wildman–Crippen MR) is 47.3 cm³/mol. The monoisotopic (exact) mass is 187 g/mol. The SMILES string of the molecule is C[C@H]1CN(C(O)C2COC2)CCO1. The minimum absolute atomic E-state index is 0.240. The fraction of sp³-hybridized carbons (Fsp3) is 1.00. The number of nitrogens with zero attached hydrogens (tertiary/aromatic N) is 1. The molecule has 76 valence electrons. The van der Waals surface area contributed by atoms with Gasteiger partial charge in [-0.2, -0.15) is 0 Å². The minimum Gasteiger partial charge on any atom is -0.380 e. The van der Waals surface area contributed by atoms with Gasteiger partial charge in [-0.1, -0.05) is 0 Å². The molecule has 0 amide bonds. The number of ether oxygens (including phenoxy) is 2. The Balaban J connectivity index is 1.83. The summed E-state index contributed by atoms with van der Waals surface area (Å²) in [6, 6.07) is 0. The summed E-state index contributed by atoms with van der Waals surface area (Å²) in [5.74, 6) is 0.310. The molecule has 0 aromatic carbocycles. The van der Waals surface area contributed by atoms with Crippen LogP contribution in [0.4, 0.5) is 0 Å². The highest BCUT2D eigenvalue weighted by atomic mass is 16.5. The number of rotatable bonds is 2. The first-order chi connectivity index (χ1) is 6.27. The maximum absolute atomic E-state index is 9.90. The molecule has 0 aromatic rings. The maximum atomic E-state index is 9.90. The third-order valence-corrected chi connectivity index (χ3v) is 2.73. The highest BCUT2D eigenvalue weighted by molar-refractivity contribution is 4.78. The van der Waals surface area contributed by atoms with Gasteiger partial charge in [0.2, 0.25) is 0 Å². The second kappa shape index (κ2) is 3.92. The normalized spacial score (nSPS) is 34.2. The molecule has 2 saturated heterocycles. The number of morpholine rings is 1. The van der Waals surface area contributed by atoms with E-state index in [1.54, 1.807) is 0 Å². The van der Waals surface area contributed by atoms with Gasteiger partial charge in [0.05, 0.1) is 25.9 Å². The van der Waals surface area contributed by atoms with Crippen LogP contribution < -0.4 is 0 Å². The molecule has 2 rings (SSSR count). The fourth-order valence-corrected chi connectivity index (χ4v) is 1.81. The molecule has 13 heavy (non-hydrogen) atoms. The van der Waals surface area contributed by atoms with Crippen LogP contribution in [0.1, 0.15) is 6.92 Å². The Morgan fingerprint density at radius 2 is 2.23 bits per heavy atom. The second-order valence-corrected chi connectivity index (χ2v) is 3.89. The largest absolute Gasteiger partial charge is 0.380 e. The second-order valence-electron chi connectivity index (χ2n) is 3.89. The van der Waals surface area contributed by atoms with E-state index in [1.165, 1.54) is 0 Å². The van der Waals surface area contributed by atoms with Gasteiger partial charge in [0.15, 0.2) is 0 Å². The van der Waals surface area contributed by atoms with Crippen molar-refractivity contribution in [2.75, 3.05) is 32.9 Å². The summed E-state index contributed by atoms with van der Waals surface area (Å²) in [6.45, 7) is 5.83. The minimum atomic E-state index is -0.333. The molecule has 2 heterocycles. The van der Waals surface area contributed by atoms with Crippen molar-refractivity contribution in [2.45, 2.75) is 19.3 Å². The number of hydrogen-bond donors (Lipinski definition) is 1. The van der Waals surface area contributed by atoms with Gasteiger partial charge >= 0.3 is 0 Å². The van der Waals surface area contributed by atoms with Crippen LogP contribution in [0.15, 0.2) is 0 Å². The van der Waals surface area contributed by atoms with Crippen LogP contribution in [0, 0.1) is 5.92 Å². The zero-order valence-corrected chi connectivity index (χ0v) is 7.98. The molecule has 1 unspecified atom stereocenters. The highest BCUT2D eigenvalue weighted by Gasteiger charge is 2.33.